The fourth-order valence-corrected chi connectivity index (χ4v) is 3.04. The third kappa shape index (κ3) is 7.41. The summed E-state index contributed by atoms with van der Waals surface area (Å²) >= 11 is 0. The van der Waals surface area contributed by atoms with Gasteiger partial charge in [0.25, 0.3) is 0 Å². The Kier molecular flexibility index (Phi) is 10.0. The van der Waals surface area contributed by atoms with E-state index in [2.05, 4.69) is 31.4 Å². The molecule has 0 bridgehead atoms. The number of rotatable bonds is 6. The number of hydrogen-bond acceptors (Lipinski definition) is 8. The van der Waals surface area contributed by atoms with Crippen molar-refractivity contribution in [3.63, 3.8) is 0 Å². The van der Waals surface area contributed by atoms with Gasteiger partial charge in [0.2, 0.25) is 0 Å². The molecule has 3 rings (SSSR count). The molecule has 0 aliphatic carbocycles. The molecule has 0 atom stereocenters. The lowest BCUT2D eigenvalue weighted by molar-refractivity contribution is 0.0503. The second kappa shape index (κ2) is 12.7. The van der Waals surface area contributed by atoms with Crippen LogP contribution in [0, 0.1) is 17.5 Å². The molecule has 0 spiro atoms. The molecule has 0 N–H and O–H groups in total. The van der Waals surface area contributed by atoms with Gasteiger partial charge in [-0.3, -0.25) is 0 Å². The van der Waals surface area contributed by atoms with Crippen LogP contribution in [0.2, 0.25) is 0 Å². The molecule has 0 radical (unpaired) electrons. The van der Waals surface area contributed by atoms with Gasteiger partial charge in [0.1, 0.15) is 5.82 Å². The Morgan fingerprint density at radius 2 is 1.36 bits per heavy atom. The Morgan fingerprint density at radius 1 is 0.848 bits per heavy atom. The van der Waals surface area contributed by atoms with Crippen molar-refractivity contribution in [1.82, 2.24) is 14.9 Å². The minimum atomic E-state index is -1.02. The van der Waals surface area contributed by atoms with Crippen molar-refractivity contribution in [2.24, 2.45) is 0 Å². The van der Waals surface area contributed by atoms with Gasteiger partial charge in [0.15, 0.2) is 23.0 Å². The summed E-state index contributed by atoms with van der Waals surface area (Å²) in [7, 11) is 0. The highest BCUT2D eigenvalue weighted by Crippen LogP contribution is 2.18. The van der Waals surface area contributed by atoms with E-state index >= 15 is 0 Å². The van der Waals surface area contributed by atoms with Gasteiger partial charge in [-0.15, -0.1) is 0 Å². The first-order chi connectivity index (χ1) is 15.8. The van der Waals surface area contributed by atoms with Crippen molar-refractivity contribution in [2.45, 2.75) is 20.8 Å². The van der Waals surface area contributed by atoms with E-state index in [1.807, 2.05) is 0 Å². The molecule has 1 saturated heterocycles. The van der Waals surface area contributed by atoms with Crippen LogP contribution in [0.4, 0.5) is 18.9 Å². The van der Waals surface area contributed by atoms with Crippen LogP contribution in [0.5, 0.6) is 0 Å². The van der Waals surface area contributed by atoms with E-state index in [1.165, 1.54) is 12.3 Å². The van der Waals surface area contributed by atoms with Crippen LogP contribution in [0.25, 0.3) is 0 Å². The summed E-state index contributed by atoms with van der Waals surface area (Å²) in [5, 5.41) is 0. The Morgan fingerprint density at radius 3 is 1.82 bits per heavy atom. The number of carbonyl (C=O) groups excluding carboxylic acids is 2. The van der Waals surface area contributed by atoms with E-state index in [0.717, 1.165) is 38.9 Å². The highest BCUT2D eigenvalue weighted by Gasteiger charge is 2.20. The van der Waals surface area contributed by atoms with Crippen molar-refractivity contribution < 1.29 is 32.2 Å². The van der Waals surface area contributed by atoms with E-state index in [-0.39, 0.29) is 18.9 Å². The quantitative estimate of drug-likeness (QED) is 0.598. The first kappa shape index (κ1) is 26.0. The standard InChI is InChI=1S/C14H20FN3O2.C8H7F2NO2/c1-3-17-5-7-18(8-6-17)11-9-12(15)13(16-10-11)14(19)20-4-2;1-2-13-8(12)7-6(10)3-5(9)4-11-7/h9-10H,3-8H2,1-2H3;3-4H,2H2,1H3. The number of hydrogen-bond donors (Lipinski definition) is 0. The Bertz CT molecular complexity index is 953. The molecule has 8 nitrogen and oxygen atoms in total. The zero-order valence-corrected chi connectivity index (χ0v) is 18.8. The summed E-state index contributed by atoms with van der Waals surface area (Å²) in [6.07, 6.45) is 2.30. The first-order valence-corrected chi connectivity index (χ1v) is 10.6. The number of carbonyl (C=O) groups is 2. The predicted molar refractivity (Wildman–Crippen MR) is 115 cm³/mol. The highest BCUT2D eigenvalue weighted by atomic mass is 19.1. The lowest BCUT2D eigenvalue weighted by Crippen LogP contribution is -2.46. The molecule has 0 amide bonds. The van der Waals surface area contributed by atoms with E-state index in [4.69, 9.17) is 4.74 Å². The van der Waals surface area contributed by atoms with E-state index < -0.39 is 35.1 Å². The molecular formula is C22H27F3N4O4. The van der Waals surface area contributed by atoms with Crippen LogP contribution in [0.1, 0.15) is 41.7 Å². The highest BCUT2D eigenvalue weighted by molar-refractivity contribution is 5.88. The van der Waals surface area contributed by atoms with Crippen LogP contribution in [-0.2, 0) is 9.47 Å². The summed E-state index contributed by atoms with van der Waals surface area (Å²) in [4.78, 5) is 34.0. The van der Waals surface area contributed by atoms with Crippen molar-refractivity contribution in [2.75, 3.05) is 50.8 Å². The second-order valence-electron chi connectivity index (χ2n) is 6.87. The number of likely N-dealkylation sites (N-methyl/N-ethyl adjacent to an activating group) is 1. The second-order valence-corrected chi connectivity index (χ2v) is 6.87. The zero-order chi connectivity index (χ0) is 24.4. The number of pyridine rings is 2. The van der Waals surface area contributed by atoms with E-state index in [9.17, 15) is 22.8 Å². The monoisotopic (exact) mass is 468 g/mol. The lowest BCUT2D eigenvalue weighted by Gasteiger charge is -2.35. The molecule has 2 aromatic rings. The maximum Gasteiger partial charge on any atom is 0.359 e. The van der Waals surface area contributed by atoms with Crippen molar-refractivity contribution in [3.05, 3.63) is 53.4 Å². The molecule has 1 fully saturated rings. The molecule has 3 heterocycles. The average molecular weight is 468 g/mol. The number of anilines is 1. The lowest BCUT2D eigenvalue weighted by atomic mass is 10.2. The van der Waals surface area contributed by atoms with Crippen LogP contribution >= 0.6 is 0 Å². The van der Waals surface area contributed by atoms with Gasteiger partial charge in [-0.2, -0.15) is 0 Å². The van der Waals surface area contributed by atoms with Crippen LogP contribution in [0.15, 0.2) is 24.5 Å². The summed E-state index contributed by atoms with van der Waals surface area (Å²) in [6, 6.07) is 1.94. The van der Waals surface area contributed by atoms with Gasteiger partial charge in [-0.05, 0) is 20.4 Å². The summed E-state index contributed by atoms with van der Waals surface area (Å²) in [5.41, 5.74) is -0.0302. The Labute approximate surface area is 190 Å². The fraction of sp³-hybridized carbons (Fsp3) is 0.455. The molecule has 0 saturated carbocycles. The van der Waals surface area contributed by atoms with Gasteiger partial charge >= 0.3 is 11.9 Å². The molecule has 33 heavy (non-hydrogen) atoms. The van der Waals surface area contributed by atoms with Crippen LogP contribution in [-0.4, -0.2) is 72.7 Å². The first-order valence-electron chi connectivity index (χ1n) is 10.6. The summed E-state index contributed by atoms with van der Waals surface area (Å²) in [5.74, 6) is -4.07. The topological polar surface area (TPSA) is 84.9 Å². The van der Waals surface area contributed by atoms with Gasteiger partial charge in [0, 0.05) is 38.3 Å². The Balaban J connectivity index is 0.000000257. The minimum absolute atomic E-state index is 0.122. The molecule has 0 aromatic carbocycles. The third-order valence-corrected chi connectivity index (χ3v) is 4.76. The van der Waals surface area contributed by atoms with E-state index in [1.54, 1.807) is 13.8 Å². The zero-order valence-electron chi connectivity index (χ0n) is 18.8. The number of esters is 2. The number of halogens is 3. The molecular weight excluding hydrogens is 441 g/mol. The minimum Gasteiger partial charge on any atom is -0.461 e. The van der Waals surface area contributed by atoms with Gasteiger partial charge < -0.3 is 19.3 Å². The SMILES string of the molecule is CCOC(=O)c1ncc(F)cc1F.CCOC(=O)c1ncc(N2CCN(CC)CC2)cc1F. The molecule has 1 aliphatic heterocycles. The van der Waals surface area contributed by atoms with E-state index in [0.29, 0.717) is 11.8 Å². The molecule has 11 heteroatoms. The van der Waals surface area contributed by atoms with Gasteiger partial charge in [-0.25, -0.2) is 32.7 Å². The average Bonchev–Trinajstić information content (AvgIpc) is 2.79. The van der Waals surface area contributed by atoms with Crippen LogP contribution in [0.3, 0.4) is 0 Å². The number of piperazine rings is 1. The third-order valence-electron chi connectivity index (χ3n) is 4.76. The maximum atomic E-state index is 13.9. The number of nitrogens with zero attached hydrogens (tertiary/aromatic N) is 4. The summed E-state index contributed by atoms with van der Waals surface area (Å²) in [6.45, 7) is 10.3. The van der Waals surface area contributed by atoms with Gasteiger partial charge in [0.05, 0.1) is 31.3 Å². The van der Waals surface area contributed by atoms with Crippen molar-refractivity contribution in [3.8, 4) is 0 Å². The smallest absolute Gasteiger partial charge is 0.359 e. The number of aromatic nitrogens is 2. The molecule has 1 aliphatic rings. The molecule has 0 unspecified atom stereocenters. The normalized spacial score (nSPS) is 13.7. The maximum absolute atomic E-state index is 13.9. The Hall–Kier alpha value is -3.21. The molecule has 2 aromatic heterocycles. The summed E-state index contributed by atoms with van der Waals surface area (Å²) < 4.78 is 48.3. The van der Waals surface area contributed by atoms with Crippen LogP contribution < -0.4 is 4.90 Å². The van der Waals surface area contributed by atoms with Crippen molar-refractivity contribution in [1.29, 1.82) is 0 Å². The fourth-order valence-electron chi connectivity index (χ4n) is 3.04. The predicted octanol–water partition coefficient (Wildman–Crippen LogP) is 3.08. The molecule has 180 valence electrons. The number of ether oxygens (including phenoxy) is 2. The van der Waals surface area contributed by atoms with Gasteiger partial charge in [-0.1, -0.05) is 6.92 Å². The largest absolute Gasteiger partial charge is 0.461 e. The van der Waals surface area contributed by atoms with Crippen molar-refractivity contribution >= 4 is 17.6 Å².